The van der Waals surface area contributed by atoms with Crippen molar-refractivity contribution < 1.29 is 123 Å². The minimum Gasteiger partial charge on any atom is -0.508 e. The molecule has 0 saturated carbocycles. The number of ether oxygens (including phenoxy) is 9. The average molecular weight is 1050 g/mol. The highest BCUT2D eigenvalue weighted by Gasteiger charge is 2.54. The zero-order chi connectivity index (χ0) is 53.6. The van der Waals surface area contributed by atoms with Gasteiger partial charge in [0.05, 0.1) is 24.9 Å². The van der Waals surface area contributed by atoms with Crippen LogP contribution in [0.15, 0.2) is 69.9 Å². The van der Waals surface area contributed by atoms with E-state index < -0.39 is 181 Å². The van der Waals surface area contributed by atoms with E-state index in [-0.39, 0.29) is 17.1 Å². The second-order valence-corrected chi connectivity index (χ2v) is 18.2. The molecule has 4 saturated heterocycles. The molecule has 0 spiro atoms. The van der Waals surface area contributed by atoms with Gasteiger partial charge in [0.1, 0.15) is 95.4 Å². The highest BCUT2D eigenvalue weighted by molar-refractivity contribution is 5.89. The Morgan fingerprint density at radius 1 is 0.581 bits per heavy atom. The number of carbonyl (C=O) groups is 1. The van der Waals surface area contributed by atoms with Gasteiger partial charge in [-0.3, -0.25) is 4.79 Å². The number of aliphatic hydroxyl groups is 10. The SMILES string of the molecule is CC1O[C@@H](OCC2O[C@@H](Oc3c(-c4ccc(O)c(O)c4)oc4cc(O[C@@H]5OC(C)[C@H](O)C(O)[C@@H]5O)cc(O)c4c3=O)C(O[C@@H]3OC(C)[C@H](O)C(O)[C@@H]3O)[C@@H](OC(=O)/C=C/c3ccc(O)cc3)[C@H]2O)[C@@H](O)C(O)[C@H]1O. The second kappa shape index (κ2) is 22.2. The molecule has 14 N–H and O–H groups in total. The van der Waals surface area contributed by atoms with Crippen molar-refractivity contribution in [2.45, 2.75) is 144 Å². The van der Waals surface area contributed by atoms with E-state index >= 15 is 0 Å². The Hall–Kier alpha value is -5.76. The number of benzene rings is 3. The van der Waals surface area contributed by atoms with Crippen molar-refractivity contribution in [1.82, 2.24) is 0 Å². The van der Waals surface area contributed by atoms with Crippen LogP contribution in [0.25, 0.3) is 28.4 Å². The molecule has 26 heteroatoms. The van der Waals surface area contributed by atoms with Crippen molar-refractivity contribution in [3.63, 3.8) is 0 Å². The summed E-state index contributed by atoms with van der Waals surface area (Å²) in [6.45, 7) is 3.25. The summed E-state index contributed by atoms with van der Waals surface area (Å²) in [5, 5.41) is 149. The van der Waals surface area contributed by atoms with Gasteiger partial charge in [-0.25, -0.2) is 4.79 Å². The largest absolute Gasteiger partial charge is 0.508 e. The van der Waals surface area contributed by atoms with Crippen LogP contribution in [0.3, 0.4) is 0 Å². The van der Waals surface area contributed by atoms with Crippen molar-refractivity contribution >= 4 is 23.0 Å². The molecule has 4 aliphatic rings. The van der Waals surface area contributed by atoms with Gasteiger partial charge in [-0.1, -0.05) is 12.1 Å². The van der Waals surface area contributed by atoms with Gasteiger partial charge in [-0.05, 0) is 62.7 Å². The van der Waals surface area contributed by atoms with Crippen molar-refractivity contribution in [1.29, 1.82) is 0 Å². The van der Waals surface area contributed by atoms with Crippen LogP contribution in [0.2, 0.25) is 0 Å². The lowest BCUT2D eigenvalue weighted by Crippen LogP contribution is -2.66. The highest BCUT2D eigenvalue weighted by atomic mass is 16.8. The number of aromatic hydroxyl groups is 4. The molecule has 4 fully saturated rings. The summed E-state index contributed by atoms with van der Waals surface area (Å²) in [5.74, 6) is -5.27. The second-order valence-electron chi connectivity index (χ2n) is 18.2. The van der Waals surface area contributed by atoms with E-state index in [1.165, 1.54) is 51.1 Å². The molecule has 3 aromatic carbocycles. The number of fused-ring (bicyclic) bond motifs is 1. The van der Waals surface area contributed by atoms with Crippen LogP contribution in [0, 0.1) is 0 Å². The molecular formula is C48H56O26. The Morgan fingerprint density at radius 3 is 1.78 bits per heavy atom. The summed E-state index contributed by atoms with van der Waals surface area (Å²) in [7, 11) is 0. The van der Waals surface area contributed by atoms with Gasteiger partial charge >= 0.3 is 5.97 Å². The fourth-order valence-corrected chi connectivity index (χ4v) is 8.60. The summed E-state index contributed by atoms with van der Waals surface area (Å²) in [5.41, 5.74) is -1.49. The summed E-state index contributed by atoms with van der Waals surface area (Å²) in [4.78, 5) is 28.6. The summed E-state index contributed by atoms with van der Waals surface area (Å²) < 4.78 is 58.9. The normalized spacial score (nSPS) is 36.7. The Morgan fingerprint density at radius 2 is 1.16 bits per heavy atom. The molecule has 4 aromatic rings. The van der Waals surface area contributed by atoms with Crippen molar-refractivity contribution in [3.05, 3.63) is 76.5 Å². The van der Waals surface area contributed by atoms with Crippen molar-refractivity contribution in [3.8, 4) is 45.8 Å². The first-order valence-corrected chi connectivity index (χ1v) is 23.1. The number of esters is 1. The van der Waals surface area contributed by atoms with Crippen molar-refractivity contribution in [2.24, 2.45) is 0 Å². The first-order valence-electron chi connectivity index (χ1n) is 23.1. The molecule has 1 aromatic heterocycles. The topological polar surface area (TPSA) is 414 Å². The number of hydrogen-bond acceptors (Lipinski definition) is 26. The van der Waals surface area contributed by atoms with Gasteiger partial charge in [0, 0.05) is 23.8 Å². The predicted octanol–water partition coefficient (Wildman–Crippen LogP) is -2.36. The van der Waals surface area contributed by atoms with Crippen LogP contribution in [0.1, 0.15) is 26.3 Å². The van der Waals surface area contributed by atoms with E-state index in [9.17, 15) is 81.1 Å². The number of phenolic OH excluding ortho intramolecular Hbond substituents is 4. The van der Waals surface area contributed by atoms with Gasteiger partial charge in [-0.15, -0.1) is 0 Å². The van der Waals surface area contributed by atoms with Crippen LogP contribution in [-0.2, 0) is 38.0 Å². The number of phenols is 4. The summed E-state index contributed by atoms with van der Waals surface area (Å²) >= 11 is 0. The molecule has 0 amide bonds. The maximum atomic E-state index is 14.9. The van der Waals surface area contributed by atoms with E-state index in [1.54, 1.807) is 0 Å². The lowest BCUT2D eigenvalue weighted by atomic mass is 9.97. The minimum atomic E-state index is -2.20. The van der Waals surface area contributed by atoms with Crippen molar-refractivity contribution in [2.75, 3.05) is 6.61 Å². The molecular weight excluding hydrogens is 993 g/mol. The Balaban J connectivity index is 1.23. The molecule has 8 unspecified atom stereocenters. The molecule has 0 aliphatic carbocycles. The Bertz CT molecular complexity index is 2700. The van der Waals surface area contributed by atoms with Crippen LogP contribution in [-0.4, -0.2) is 207 Å². The predicted molar refractivity (Wildman–Crippen MR) is 244 cm³/mol. The number of hydrogen-bond donors (Lipinski definition) is 14. The molecule has 0 bridgehead atoms. The summed E-state index contributed by atoms with van der Waals surface area (Å²) in [6, 6.07) is 10.6. The van der Waals surface area contributed by atoms with Crippen LogP contribution in [0.4, 0.5) is 0 Å². The Kier molecular flexibility index (Phi) is 16.4. The fourth-order valence-electron chi connectivity index (χ4n) is 8.60. The van der Waals surface area contributed by atoms with Crippen LogP contribution >= 0.6 is 0 Å². The van der Waals surface area contributed by atoms with Gasteiger partial charge in [-0.2, -0.15) is 0 Å². The number of rotatable bonds is 13. The quantitative estimate of drug-likeness (QED) is 0.0378. The maximum Gasteiger partial charge on any atom is 0.331 e. The monoisotopic (exact) mass is 1050 g/mol. The standard InChI is InChI=1S/C48H56O26/c1-16-30(54)35(59)38(62)45(66-16)65-15-27-33(57)42(72-28(53)11-6-19-4-8-21(49)9-5-19)44(74-47-40(64)37(61)32(56)18(3)68-47)48(71-27)73-43-34(58)29-25(52)13-22(69-46-39(63)36(60)31(55)17(2)67-46)14-26(29)70-41(43)20-7-10-23(50)24(51)12-20/h4-14,16-18,27,30-33,35-40,42,44-52,54-57,59-64H,15H2,1-3H3/b11-6+/t16?,17?,18?,27?,30-,31-,32-,33-,35?,36?,37?,38-,39-,40-,42-,44?,45+,46-,47-,48-/m0/s1. The van der Waals surface area contributed by atoms with E-state index in [4.69, 9.17) is 47.0 Å². The highest BCUT2D eigenvalue weighted by Crippen LogP contribution is 2.41. The van der Waals surface area contributed by atoms with E-state index in [0.717, 1.165) is 36.4 Å². The zero-order valence-corrected chi connectivity index (χ0v) is 39.3. The lowest BCUT2D eigenvalue weighted by Gasteiger charge is -2.47. The minimum absolute atomic E-state index is 0.0801. The first-order chi connectivity index (χ1) is 35.0. The molecule has 74 heavy (non-hydrogen) atoms. The number of aliphatic hydroxyl groups excluding tert-OH is 10. The molecule has 20 atom stereocenters. The third-order valence-electron chi connectivity index (χ3n) is 12.9. The van der Waals surface area contributed by atoms with Gasteiger partial charge in [0.15, 0.2) is 42.0 Å². The molecule has 404 valence electrons. The third-order valence-corrected chi connectivity index (χ3v) is 12.9. The van der Waals surface area contributed by atoms with E-state index in [0.29, 0.717) is 5.56 Å². The smallest absolute Gasteiger partial charge is 0.331 e. The van der Waals surface area contributed by atoms with Gasteiger partial charge < -0.3 is 119 Å². The molecule has 4 aliphatic heterocycles. The van der Waals surface area contributed by atoms with E-state index in [2.05, 4.69) is 0 Å². The molecule has 26 nitrogen and oxygen atoms in total. The maximum absolute atomic E-state index is 14.9. The fraction of sp³-hybridized carbons (Fsp3) is 0.500. The summed E-state index contributed by atoms with van der Waals surface area (Å²) in [6.07, 6.45) is -32.5. The van der Waals surface area contributed by atoms with Crippen LogP contribution in [0.5, 0.6) is 34.5 Å². The zero-order valence-electron chi connectivity index (χ0n) is 39.3. The average Bonchev–Trinajstić information content (AvgIpc) is 3.36. The van der Waals surface area contributed by atoms with Gasteiger partial charge in [0.2, 0.25) is 23.8 Å². The Labute approximate surface area is 418 Å². The lowest BCUT2D eigenvalue weighted by molar-refractivity contribution is -0.360. The number of carbonyl (C=O) groups excluding carboxylic acids is 1. The molecule has 5 heterocycles. The molecule has 0 radical (unpaired) electrons. The molecule has 8 rings (SSSR count). The van der Waals surface area contributed by atoms with Gasteiger partial charge in [0.25, 0.3) is 0 Å². The third kappa shape index (κ3) is 11.1. The van der Waals surface area contributed by atoms with E-state index in [1.807, 2.05) is 0 Å². The van der Waals surface area contributed by atoms with Crippen LogP contribution < -0.4 is 14.9 Å². The first kappa shape index (κ1) is 54.5.